The molecule has 2 N–H and O–H groups in total. The van der Waals surface area contributed by atoms with Crippen molar-refractivity contribution in [3.8, 4) is 0 Å². The van der Waals surface area contributed by atoms with Gasteiger partial charge in [-0.15, -0.1) is 0 Å². The van der Waals surface area contributed by atoms with Crippen LogP contribution in [0.2, 0.25) is 0 Å². The molecule has 0 spiro atoms. The third-order valence-corrected chi connectivity index (χ3v) is 5.86. The van der Waals surface area contributed by atoms with Gasteiger partial charge in [-0.25, -0.2) is 9.97 Å². The van der Waals surface area contributed by atoms with Gasteiger partial charge in [0, 0.05) is 30.5 Å². The Hall–Kier alpha value is -4.19. The van der Waals surface area contributed by atoms with Gasteiger partial charge >= 0.3 is 0 Å². The fraction of sp³-hybridized carbons (Fsp3) is 0.207. The Kier molecular flexibility index (Phi) is 7.73. The number of carbonyl (C=O) groups excluding carboxylic acids is 1. The van der Waals surface area contributed by atoms with E-state index >= 15 is 0 Å². The van der Waals surface area contributed by atoms with Crippen LogP contribution in [0.3, 0.4) is 0 Å². The highest BCUT2D eigenvalue weighted by molar-refractivity contribution is 5.98. The number of hydrogen-bond donors (Lipinski definition) is 2. The van der Waals surface area contributed by atoms with Crippen molar-refractivity contribution in [1.82, 2.24) is 9.97 Å². The normalized spacial score (nSPS) is 10.7. The van der Waals surface area contributed by atoms with Crippen LogP contribution in [0, 0.1) is 6.92 Å². The lowest BCUT2D eigenvalue weighted by molar-refractivity contribution is -0.116. The van der Waals surface area contributed by atoms with E-state index in [4.69, 9.17) is 0 Å². The van der Waals surface area contributed by atoms with Crippen molar-refractivity contribution in [3.05, 3.63) is 108 Å². The van der Waals surface area contributed by atoms with Gasteiger partial charge in [0.1, 0.15) is 17.5 Å². The lowest BCUT2D eigenvalue weighted by Gasteiger charge is -2.20. The molecule has 178 valence electrons. The van der Waals surface area contributed by atoms with E-state index in [1.165, 1.54) is 0 Å². The molecule has 6 nitrogen and oxygen atoms in total. The van der Waals surface area contributed by atoms with E-state index in [0.717, 1.165) is 47.2 Å². The minimum absolute atomic E-state index is 0.0709. The summed E-state index contributed by atoms with van der Waals surface area (Å²) in [4.78, 5) is 24.6. The number of benzene rings is 3. The Morgan fingerprint density at radius 3 is 1.89 bits per heavy atom. The van der Waals surface area contributed by atoms with E-state index in [0.29, 0.717) is 5.82 Å². The van der Waals surface area contributed by atoms with Crippen molar-refractivity contribution in [2.24, 2.45) is 0 Å². The molecule has 1 amide bonds. The SMILES string of the molecule is CCN(CC)c1cc(Nc2ccc(NC(=O)C(c3ccccc3)c3ccccc3)cc2)nc(C)n1. The second kappa shape index (κ2) is 11.3. The average Bonchev–Trinajstić information content (AvgIpc) is 2.87. The average molecular weight is 466 g/mol. The first-order chi connectivity index (χ1) is 17.1. The van der Waals surface area contributed by atoms with Crippen LogP contribution in [0.25, 0.3) is 0 Å². The summed E-state index contributed by atoms with van der Waals surface area (Å²) in [5.74, 6) is 1.90. The van der Waals surface area contributed by atoms with Crippen LogP contribution in [0.15, 0.2) is 91.0 Å². The molecule has 0 saturated heterocycles. The summed E-state index contributed by atoms with van der Waals surface area (Å²) in [6, 6.07) is 29.3. The van der Waals surface area contributed by atoms with Gasteiger partial charge in [0.15, 0.2) is 0 Å². The minimum Gasteiger partial charge on any atom is -0.357 e. The van der Waals surface area contributed by atoms with Gasteiger partial charge < -0.3 is 15.5 Å². The standard InChI is InChI=1S/C29H31N5O/c1-4-34(5-2)27-20-26(30-21(3)31-27)32-24-16-18-25(19-17-24)33-29(35)28(22-12-8-6-9-13-22)23-14-10-7-11-15-23/h6-20,28H,4-5H2,1-3H3,(H,33,35)(H,30,31,32). The van der Waals surface area contributed by atoms with Gasteiger partial charge in [0.25, 0.3) is 0 Å². The number of nitrogens with zero attached hydrogens (tertiary/aromatic N) is 3. The number of aromatic nitrogens is 2. The zero-order valence-corrected chi connectivity index (χ0v) is 20.4. The van der Waals surface area contributed by atoms with E-state index in [2.05, 4.69) is 39.3 Å². The Labute approximate surface area is 207 Å². The fourth-order valence-corrected chi connectivity index (χ4v) is 4.11. The molecular formula is C29H31N5O. The summed E-state index contributed by atoms with van der Waals surface area (Å²) < 4.78 is 0. The zero-order chi connectivity index (χ0) is 24.6. The summed E-state index contributed by atoms with van der Waals surface area (Å²) in [5.41, 5.74) is 3.53. The second-order valence-electron chi connectivity index (χ2n) is 8.28. The Morgan fingerprint density at radius 2 is 1.34 bits per heavy atom. The van der Waals surface area contributed by atoms with Crippen LogP contribution >= 0.6 is 0 Å². The molecule has 0 bridgehead atoms. The minimum atomic E-state index is -0.391. The maximum atomic E-state index is 13.3. The summed E-state index contributed by atoms with van der Waals surface area (Å²) in [6.07, 6.45) is 0. The molecule has 3 aromatic carbocycles. The summed E-state index contributed by atoms with van der Waals surface area (Å²) >= 11 is 0. The van der Waals surface area contributed by atoms with Crippen molar-refractivity contribution < 1.29 is 4.79 Å². The fourth-order valence-electron chi connectivity index (χ4n) is 4.11. The maximum Gasteiger partial charge on any atom is 0.236 e. The third kappa shape index (κ3) is 6.03. The van der Waals surface area contributed by atoms with E-state index < -0.39 is 5.92 Å². The maximum absolute atomic E-state index is 13.3. The third-order valence-electron chi connectivity index (χ3n) is 5.86. The van der Waals surface area contributed by atoms with Gasteiger partial charge in [-0.05, 0) is 56.2 Å². The van der Waals surface area contributed by atoms with Crippen LogP contribution in [-0.2, 0) is 4.79 Å². The van der Waals surface area contributed by atoms with Crippen LogP contribution in [0.1, 0.15) is 36.7 Å². The highest BCUT2D eigenvalue weighted by atomic mass is 16.1. The van der Waals surface area contributed by atoms with Crippen molar-refractivity contribution in [2.45, 2.75) is 26.7 Å². The van der Waals surface area contributed by atoms with Crippen molar-refractivity contribution in [2.75, 3.05) is 28.6 Å². The molecule has 0 aliphatic heterocycles. The highest BCUT2D eigenvalue weighted by Gasteiger charge is 2.22. The summed E-state index contributed by atoms with van der Waals surface area (Å²) in [6.45, 7) is 7.89. The lowest BCUT2D eigenvalue weighted by atomic mass is 9.90. The molecule has 1 heterocycles. The second-order valence-corrected chi connectivity index (χ2v) is 8.28. The van der Waals surface area contributed by atoms with Crippen LogP contribution < -0.4 is 15.5 Å². The molecular weight excluding hydrogens is 434 g/mol. The Morgan fingerprint density at radius 1 is 0.800 bits per heavy atom. The van der Waals surface area contributed by atoms with Gasteiger partial charge in [-0.2, -0.15) is 0 Å². The van der Waals surface area contributed by atoms with Crippen molar-refractivity contribution in [3.63, 3.8) is 0 Å². The van der Waals surface area contributed by atoms with Crippen LogP contribution in [0.4, 0.5) is 23.0 Å². The molecule has 0 aliphatic carbocycles. The van der Waals surface area contributed by atoms with E-state index in [1.54, 1.807) is 0 Å². The molecule has 6 heteroatoms. The number of hydrogen-bond acceptors (Lipinski definition) is 5. The largest absolute Gasteiger partial charge is 0.357 e. The first kappa shape index (κ1) is 24.0. The predicted molar refractivity (Wildman–Crippen MR) is 143 cm³/mol. The molecule has 0 unspecified atom stereocenters. The van der Waals surface area contributed by atoms with Crippen LogP contribution in [-0.4, -0.2) is 29.0 Å². The number of aryl methyl sites for hydroxylation is 1. The molecule has 0 atom stereocenters. The highest BCUT2D eigenvalue weighted by Crippen LogP contribution is 2.27. The van der Waals surface area contributed by atoms with Crippen LogP contribution in [0.5, 0.6) is 0 Å². The number of carbonyl (C=O) groups is 1. The lowest BCUT2D eigenvalue weighted by Crippen LogP contribution is -2.23. The number of anilines is 4. The number of amides is 1. The van der Waals surface area contributed by atoms with Gasteiger partial charge in [-0.3, -0.25) is 4.79 Å². The Balaban J connectivity index is 1.50. The smallest absolute Gasteiger partial charge is 0.236 e. The van der Waals surface area contributed by atoms with E-state index in [-0.39, 0.29) is 5.91 Å². The molecule has 4 aromatic rings. The first-order valence-corrected chi connectivity index (χ1v) is 12.0. The summed E-state index contributed by atoms with van der Waals surface area (Å²) in [5, 5.41) is 6.43. The van der Waals surface area contributed by atoms with Gasteiger partial charge in [0.05, 0.1) is 5.92 Å². The van der Waals surface area contributed by atoms with Crippen molar-refractivity contribution >= 4 is 28.9 Å². The Bertz CT molecular complexity index is 1200. The first-order valence-electron chi connectivity index (χ1n) is 12.0. The molecule has 1 aromatic heterocycles. The van der Waals surface area contributed by atoms with E-state index in [9.17, 15) is 4.79 Å². The number of rotatable bonds is 9. The zero-order valence-electron chi connectivity index (χ0n) is 20.4. The monoisotopic (exact) mass is 465 g/mol. The van der Waals surface area contributed by atoms with E-state index in [1.807, 2.05) is 97.9 Å². The predicted octanol–water partition coefficient (Wildman–Crippen LogP) is 6.15. The molecule has 0 saturated carbocycles. The van der Waals surface area contributed by atoms with Crippen molar-refractivity contribution in [1.29, 1.82) is 0 Å². The van der Waals surface area contributed by atoms with Gasteiger partial charge in [-0.1, -0.05) is 60.7 Å². The van der Waals surface area contributed by atoms with Gasteiger partial charge in [0.2, 0.25) is 5.91 Å². The molecule has 0 fully saturated rings. The topological polar surface area (TPSA) is 70.2 Å². The quantitative estimate of drug-likeness (QED) is 0.310. The molecule has 0 aliphatic rings. The summed E-state index contributed by atoms with van der Waals surface area (Å²) in [7, 11) is 0. The number of nitrogens with one attached hydrogen (secondary N) is 2. The molecule has 4 rings (SSSR count). The molecule has 35 heavy (non-hydrogen) atoms. The molecule has 0 radical (unpaired) electrons.